The van der Waals surface area contributed by atoms with E-state index in [0.29, 0.717) is 13.0 Å². The summed E-state index contributed by atoms with van der Waals surface area (Å²) < 4.78 is 0. The third kappa shape index (κ3) is 1.66. The number of rotatable bonds is 1. The van der Waals surface area contributed by atoms with E-state index in [1.165, 1.54) is 0 Å². The lowest BCUT2D eigenvalue weighted by atomic mass is 10.0. The molecule has 2 aliphatic rings. The van der Waals surface area contributed by atoms with Crippen LogP contribution in [-0.2, 0) is 4.79 Å². The molecule has 0 saturated carbocycles. The quantitative estimate of drug-likeness (QED) is 0.659. The van der Waals surface area contributed by atoms with Gasteiger partial charge >= 0.3 is 0 Å². The highest BCUT2D eigenvalue weighted by molar-refractivity contribution is 5.83. The highest BCUT2D eigenvalue weighted by Gasteiger charge is 2.23. The number of carbonyl (C=O) groups is 1. The first kappa shape index (κ1) is 10.2. The van der Waals surface area contributed by atoms with Gasteiger partial charge in [-0.3, -0.25) is 4.79 Å². The number of hydrogen-bond donors (Lipinski definition) is 2. The van der Waals surface area contributed by atoms with E-state index in [1.807, 2.05) is 30.3 Å². The molecule has 1 atom stereocenters. The summed E-state index contributed by atoms with van der Waals surface area (Å²) >= 11 is 0. The molecule has 3 N–H and O–H groups in total. The molecule has 0 fully saturated rings. The van der Waals surface area contributed by atoms with Gasteiger partial charge in [0, 0.05) is 11.8 Å². The van der Waals surface area contributed by atoms with Crippen molar-refractivity contribution in [2.45, 2.75) is 12.5 Å². The lowest BCUT2D eigenvalue weighted by molar-refractivity contribution is -0.119. The van der Waals surface area contributed by atoms with Crippen LogP contribution in [0.3, 0.4) is 0 Å². The fourth-order valence-electron chi connectivity index (χ4n) is 2.32. The second kappa shape index (κ2) is 3.82. The average molecular weight is 227 g/mol. The number of nitrogens with two attached hydrogens (primary N) is 1. The van der Waals surface area contributed by atoms with Crippen molar-refractivity contribution in [2.24, 2.45) is 10.7 Å². The van der Waals surface area contributed by atoms with Crippen molar-refractivity contribution in [1.29, 1.82) is 0 Å². The molecule has 17 heavy (non-hydrogen) atoms. The molecule has 4 nitrogen and oxygen atoms in total. The van der Waals surface area contributed by atoms with E-state index in [0.717, 1.165) is 21.8 Å². The molecule has 0 radical (unpaired) electrons. The Morgan fingerprint density at radius 2 is 2.24 bits per heavy atom. The number of para-hydroxylation sites is 1. The van der Waals surface area contributed by atoms with Crippen molar-refractivity contribution >= 4 is 11.5 Å². The number of benzene rings is 1. The summed E-state index contributed by atoms with van der Waals surface area (Å²) in [6.45, 7) is 0.629. The van der Waals surface area contributed by atoms with Gasteiger partial charge < -0.3 is 11.1 Å². The van der Waals surface area contributed by atoms with Crippen molar-refractivity contribution in [3.8, 4) is 0 Å². The number of hydrogen-bond acceptors (Lipinski definition) is 3. The van der Waals surface area contributed by atoms with Gasteiger partial charge in [-0.05, 0) is 24.1 Å². The van der Waals surface area contributed by atoms with Gasteiger partial charge in [-0.1, -0.05) is 18.2 Å². The summed E-state index contributed by atoms with van der Waals surface area (Å²) in [5.41, 5.74) is 7.47. The SMILES string of the molecule is NC(=O)C1CC2=c3ccccc3=NC2=CCN1. The molecular formula is C13H13N3O. The van der Waals surface area contributed by atoms with Crippen LogP contribution in [0.25, 0.3) is 5.57 Å². The van der Waals surface area contributed by atoms with Gasteiger partial charge in [0.15, 0.2) is 0 Å². The van der Waals surface area contributed by atoms with E-state index >= 15 is 0 Å². The van der Waals surface area contributed by atoms with Crippen molar-refractivity contribution < 1.29 is 4.79 Å². The minimum atomic E-state index is -0.309. The zero-order valence-corrected chi connectivity index (χ0v) is 9.31. The topological polar surface area (TPSA) is 67.5 Å². The maximum atomic E-state index is 11.3. The number of nitrogens with one attached hydrogen (secondary N) is 1. The normalized spacial score (nSPS) is 22.0. The summed E-state index contributed by atoms with van der Waals surface area (Å²) in [5.74, 6) is -0.309. The van der Waals surface area contributed by atoms with Gasteiger partial charge in [0.25, 0.3) is 0 Å². The molecule has 2 heterocycles. The number of primary amides is 1. The molecule has 0 bridgehead atoms. The molecule has 0 spiro atoms. The second-order valence-electron chi connectivity index (χ2n) is 4.26. The summed E-state index contributed by atoms with van der Waals surface area (Å²) in [6.07, 6.45) is 2.62. The molecule has 2 aliphatic heterocycles. The number of allylic oxidation sites excluding steroid dienone is 1. The highest BCUT2D eigenvalue weighted by atomic mass is 16.1. The van der Waals surface area contributed by atoms with Crippen LogP contribution in [0.2, 0.25) is 0 Å². The van der Waals surface area contributed by atoms with Gasteiger partial charge in [0.2, 0.25) is 5.91 Å². The van der Waals surface area contributed by atoms with Crippen LogP contribution in [0.5, 0.6) is 0 Å². The van der Waals surface area contributed by atoms with Crippen LogP contribution < -0.4 is 21.6 Å². The predicted octanol–water partition coefficient (Wildman–Crippen LogP) is -0.798. The monoisotopic (exact) mass is 227 g/mol. The number of nitrogens with zero attached hydrogens (tertiary/aromatic N) is 1. The van der Waals surface area contributed by atoms with Crippen LogP contribution in [-0.4, -0.2) is 18.5 Å². The largest absolute Gasteiger partial charge is 0.368 e. The second-order valence-corrected chi connectivity index (χ2v) is 4.26. The van der Waals surface area contributed by atoms with E-state index in [4.69, 9.17) is 5.73 Å². The third-order valence-corrected chi connectivity index (χ3v) is 3.19. The van der Waals surface area contributed by atoms with Gasteiger partial charge in [-0.25, -0.2) is 4.99 Å². The average Bonchev–Trinajstić information content (AvgIpc) is 2.53. The Bertz CT molecular complexity index is 630. The molecule has 1 aromatic rings. The Hall–Kier alpha value is -1.94. The summed E-state index contributed by atoms with van der Waals surface area (Å²) in [6, 6.07) is 7.68. The molecule has 0 aromatic heterocycles. The van der Waals surface area contributed by atoms with Crippen LogP contribution in [0.4, 0.5) is 0 Å². The lowest BCUT2D eigenvalue weighted by Gasteiger charge is -2.11. The van der Waals surface area contributed by atoms with Gasteiger partial charge in [-0.15, -0.1) is 0 Å². The van der Waals surface area contributed by atoms with Gasteiger partial charge in [0.1, 0.15) is 0 Å². The zero-order chi connectivity index (χ0) is 11.8. The van der Waals surface area contributed by atoms with Crippen molar-refractivity contribution in [3.63, 3.8) is 0 Å². The summed E-state index contributed by atoms with van der Waals surface area (Å²) in [4.78, 5) is 15.9. The third-order valence-electron chi connectivity index (χ3n) is 3.19. The van der Waals surface area contributed by atoms with E-state index in [1.54, 1.807) is 0 Å². The molecule has 1 aromatic carbocycles. The molecule has 0 aliphatic carbocycles. The Morgan fingerprint density at radius 3 is 3.06 bits per heavy atom. The van der Waals surface area contributed by atoms with Crippen molar-refractivity contribution in [2.75, 3.05) is 6.54 Å². The number of fused-ring (bicyclic) bond motifs is 2. The summed E-state index contributed by atoms with van der Waals surface area (Å²) in [5, 5.41) is 5.21. The van der Waals surface area contributed by atoms with Crippen LogP contribution >= 0.6 is 0 Å². The molecule has 1 amide bonds. The molecule has 1 unspecified atom stereocenters. The Labute approximate surface area is 98.5 Å². The highest BCUT2D eigenvalue weighted by Crippen LogP contribution is 2.21. The zero-order valence-electron chi connectivity index (χ0n) is 9.31. The lowest BCUT2D eigenvalue weighted by Crippen LogP contribution is -2.41. The molecule has 4 heteroatoms. The first-order valence-electron chi connectivity index (χ1n) is 5.66. The summed E-state index contributed by atoms with van der Waals surface area (Å²) in [7, 11) is 0. The molecule has 3 rings (SSSR count). The maximum Gasteiger partial charge on any atom is 0.234 e. The van der Waals surface area contributed by atoms with Crippen LogP contribution in [0.1, 0.15) is 6.42 Å². The molecular weight excluding hydrogens is 214 g/mol. The standard InChI is InChI=1S/C13H13N3O/c14-13(17)12-7-9-8-3-1-2-4-10(8)16-11(9)5-6-15-12/h1-5,12,15H,6-7H2,(H2,14,17). The molecule has 0 saturated heterocycles. The van der Waals surface area contributed by atoms with Gasteiger partial charge in [0.05, 0.1) is 17.1 Å². The van der Waals surface area contributed by atoms with Crippen molar-refractivity contribution in [3.05, 3.63) is 46.6 Å². The Kier molecular flexibility index (Phi) is 2.30. The first-order valence-corrected chi connectivity index (χ1v) is 5.66. The van der Waals surface area contributed by atoms with E-state index in [9.17, 15) is 4.79 Å². The maximum absolute atomic E-state index is 11.3. The minimum absolute atomic E-state index is 0.305. The molecule has 86 valence electrons. The number of carbonyl (C=O) groups excluding carboxylic acids is 1. The fraction of sp³-hybridized carbons (Fsp3) is 0.231. The van der Waals surface area contributed by atoms with E-state index in [-0.39, 0.29) is 11.9 Å². The smallest absolute Gasteiger partial charge is 0.234 e. The van der Waals surface area contributed by atoms with E-state index in [2.05, 4.69) is 10.3 Å². The van der Waals surface area contributed by atoms with Gasteiger partial charge in [-0.2, -0.15) is 0 Å². The Morgan fingerprint density at radius 1 is 1.41 bits per heavy atom. The van der Waals surface area contributed by atoms with Crippen LogP contribution in [0, 0.1) is 0 Å². The number of amides is 1. The fourth-order valence-corrected chi connectivity index (χ4v) is 2.32. The van der Waals surface area contributed by atoms with Crippen LogP contribution in [0.15, 0.2) is 41.0 Å². The first-order chi connectivity index (χ1) is 8.25. The Balaban J connectivity index is 2.16. The van der Waals surface area contributed by atoms with Crippen molar-refractivity contribution in [1.82, 2.24) is 5.32 Å². The minimum Gasteiger partial charge on any atom is -0.368 e. The predicted molar refractivity (Wildman–Crippen MR) is 64.3 cm³/mol. The van der Waals surface area contributed by atoms with E-state index < -0.39 is 0 Å².